The van der Waals surface area contributed by atoms with Gasteiger partial charge in [0.2, 0.25) is 0 Å². The third-order valence-corrected chi connectivity index (χ3v) is 4.43. The van der Waals surface area contributed by atoms with Gasteiger partial charge in [-0.2, -0.15) is 0 Å². The molecule has 1 saturated heterocycles. The Bertz CT molecular complexity index is 380. The Kier molecular flexibility index (Phi) is 4.12. The molecule has 2 rings (SSSR count). The van der Waals surface area contributed by atoms with Gasteiger partial charge in [0, 0.05) is 19.2 Å². The highest BCUT2D eigenvalue weighted by Gasteiger charge is 2.15. The van der Waals surface area contributed by atoms with E-state index in [1.807, 2.05) is 0 Å². The van der Waals surface area contributed by atoms with Crippen molar-refractivity contribution in [2.75, 3.05) is 19.6 Å². The van der Waals surface area contributed by atoms with Gasteiger partial charge in [-0.05, 0) is 31.8 Å². The maximum atomic E-state index is 7.34. The van der Waals surface area contributed by atoms with Crippen LogP contribution in [0.15, 0.2) is 6.20 Å². The Morgan fingerprint density at radius 1 is 1.59 bits per heavy atom. The molecular weight excluding hydrogens is 232 g/mol. The lowest BCUT2D eigenvalue weighted by Gasteiger charge is -2.29. The molecule has 5 heteroatoms. The van der Waals surface area contributed by atoms with E-state index in [1.165, 1.54) is 25.9 Å². The van der Waals surface area contributed by atoms with Crippen molar-refractivity contribution >= 4 is 17.2 Å². The molecule has 0 unspecified atom stereocenters. The van der Waals surface area contributed by atoms with Crippen molar-refractivity contribution < 1.29 is 0 Å². The number of likely N-dealkylation sites (tertiary alicyclic amines) is 1. The van der Waals surface area contributed by atoms with Crippen molar-refractivity contribution in [3.8, 4) is 0 Å². The first-order valence-corrected chi connectivity index (χ1v) is 6.98. The molecular formula is C12H20N4S. The lowest BCUT2D eigenvalue weighted by Crippen LogP contribution is -2.34. The first-order chi connectivity index (χ1) is 8.15. The molecule has 0 bridgehead atoms. The molecule has 3 N–H and O–H groups in total. The zero-order valence-electron chi connectivity index (χ0n) is 10.3. The van der Waals surface area contributed by atoms with Gasteiger partial charge >= 0.3 is 0 Å². The Morgan fingerprint density at radius 2 is 2.29 bits per heavy atom. The van der Waals surface area contributed by atoms with E-state index in [-0.39, 0.29) is 5.84 Å². The van der Waals surface area contributed by atoms with E-state index in [4.69, 9.17) is 11.1 Å². The second-order valence-electron chi connectivity index (χ2n) is 4.81. The summed E-state index contributed by atoms with van der Waals surface area (Å²) in [6.07, 6.45) is 5.32. The minimum atomic E-state index is 0.126. The van der Waals surface area contributed by atoms with E-state index >= 15 is 0 Å². The third kappa shape index (κ3) is 3.51. The number of nitrogens with one attached hydrogen (secondary N) is 1. The first kappa shape index (κ1) is 12.5. The van der Waals surface area contributed by atoms with Gasteiger partial charge in [0.05, 0.1) is 9.88 Å². The standard InChI is InChI=1S/C12H20N4S/c1-9-2-5-16(6-3-9)7-4-11-15-8-10(17-11)12(13)14/h8-9H,2-7H2,1H3,(H3,13,14). The van der Waals surface area contributed by atoms with Crippen LogP contribution >= 0.6 is 11.3 Å². The van der Waals surface area contributed by atoms with Crippen molar-refractivity contribution in [1.29, 1.82) is 5.41 Å². The van der Waals surface area contributed by atoms with Crippen molar-refractivity contribution in [3.05, 3.63) is 16.1 Å². The fraction of sp³-hybridized carbons (Fsp3) is 0.667. The van der Waals surface area contributed by atoms with Gasteiger partial charge in [-0.1, -0.05) is 6.92 Å². The lowest BCUT2D eigenvalue weighted by atomic mass is 9.99. The molecule has 1 aliphatic heterocycles. The van der Waals surface area contributed by atoms with Gasteiger partial charge < -0.3 is 10.6 Å². The van der Waals surface area contributed by atoms with Gasteiger partial charge in [0.1, 0.15) is 5.84 Å². The van der Waals surface area contributed by atoms with E-state index in [1.54, 1.807) is 17.5 Å². The molecule has 0 spiro atoms. The minimum absolute atomic E-state index is 0.126. The van der Waals surface area contributed by atoms with E-state index in [2.05, 4.69) is 16.8 Å². The molecule has 1 aromatic rings. The van der Waals surface area contributed by atoms with Crippen LogP contribution in [0.3, 0.4) is 0 Å². The predicted molar refractivity (Wildman–Crippen MR) is 71.7 cm³/mol. The normalized spacial score (nSPS) is 18.4. The van der Waals surface area contributed by atoms with Crippen molar-refractivity contribution in [2.45, 2.75) is 26.2 Å². The quantitative estimate of drug-likeness (QED) is 0.633. The Labute approximate surface area is 106 Å². The smallest absolute Gasteiger partial charge is 0.134 e. The van der Waals surface area contributed by atoms with Gasteiger partial charge in [-0.3, -0.25) is 5.41 Å². The molecule has 1 aliphatic rings. The van der Waals surface area contributed by atoms with Crippen LogP contribution < -0.4 is 5.73 Å². The molecule has 94 valence electrons. The molecule has 0 amide bonds. The number of piperidine rings is 1. The Hall–Kier alpha value is -0.940. The number of hydrogen-bond donors (Lipinski definition) is 2. The number of nitrogen functional groups attached to an aromatic ring is 1. The molecule has 2 heterocycles. The summed E-state index contributed by atoms with van der Waals surface area (Å²) >= 11 is 1.54. The maximum absolute atomic E-state index is 7.34. The second kappa shape index (κ2) is 5.60. The van der Waals surface area contributed by atoms with Gasteiger partial charge in [-0.15, -0.1) is 11.3 Å². The van der Waals surface area contributed by atoms with Crippen LogP contribution in [0.1, 0.15) is 29.7 Å². The highest BCUT2D eigenvalue weighted by Crippen LogP contribution is 2.17. The van der Waals surface area contributed by atoms with Crippen LogP contribution in [0, 0.1) is 11.3 Å². The summed E-state index contributed by atoms with van der Waals surface area (Å²) < 4.78 is 0. The highest BCUT2D eigenvalue weighted by molar-refractivity contribution is 7.13. The maximum Gasteiger partial charge on any atom is 0.134 e. The summed E-state index contributed by atoms with van der Waals surface area (Å²) in [6, 6.07) is 0. The lowest BCUT2D eigenvalue weighted by molar-refractivity contribution is 0.194. The van der Waals surface area contributed by atoms with Crippen molar-refractivity contribution in [2.24, 2.45) is 11.7 Å². The number of thiazole rings is 1. The van der Waals surface area contributed by atoms with Gasteiger partial charge in [-0.25, -0.2) is 4.98 Å². The SMILES string of the molecule is CC1CCN(CCc2ncc(C(=N)N)s2)CC1. The van der Waals surface area contributed by atoms with Crippen molar-refractivity contribution in [3.63, 3.8) is 0 Å². The molecule has 0 atom stereocenters. The van der Waals surface area contributed by atoms with E-state index in [0.717, 1.165) is 28.8 Å². The van der Waals surface area contributed by atoms with Gasteiger partial charge in [0.15, 0.2) is 0 Å². The summed E-state index contributed by atoms with van der Waals surface area (Å²) in [7, 11) is 0. The largest absolute Gasteiger partial charge is 0.383 e. The monoisotopic (exact) mass is 252 g/mol. The van der Waals surface area contributed by atoms with Crippen LogP contribution in [0.25, 0.3) is 0 Å². The summed E-state index contributed by atoms with van der Waals surface area (Å²) in [5.41, 5.74) is 5.42. The number of rotatable bonds is 4. The van der Waals surface area contributed by atoms with Crippen LogP contribution in [0.4, 0.5) is 0 Å². The van der Waals surface area contributed by atoms with Gasteiger partial charge in [0.25, 0.3) is 0 Å². The third-order valence-electron chi connectivity index (χ3n) is 3.34. The summed E-state index contributed by atoms with van der Waals surface area (Å²) in [6.45, 7) is 5.84. The summed E-state index contributed by atoms with van der Waals surface area (Å²) in [5, 5.41) is 8.43. The molecule has 17 heavy (non-hydrogen) atoms. The number of aromatic nitrogens is 1. The average Bonchev–Trinajstić information content (AvgIpc) is 2.77. The predicted octanol–water partition coefficient (Wildman–Crippen LogP) is 1.70. The summed E-state index contributed by atoms with van der Waals surface area (Å²) in [4.78, 5) is 7.60. The minimum Gasteiger partial charge on any atom is -0.383 e. The number of nitrogens with zero attached hydrogens (tertiary/aromatic N) is 2. The summed E-state index contributed by atoms with van der Waals surface area (Å²) in [5.74, 6) is 1.01. The number of hydrogen-bond acceptors (Lipinski definition) is 4. The van der Waals surface area contributed by atoms with Crippen LogP contribution in [-0.2, 0) is 6.42 Å². The van der Waals surface area contributed by atoms with Crippen molar-refractivity contribution in [1.82, 2.24) is 9.88 Å². The van der Waals surface area contributed by atoms with E-state index < -0.39 is 0 Å². The topological polar surface area (TPSA) is 66.0 Å². The van der Waals surface area contributed by atoms with E-state index in [9.17, 15) is 0 Å². The fourth-order valence-electron chi connectivity index (χ4n) is 2.09. The number of nitrogens with two attached hydrogens (primary N) is 1. The Morgan fingerprint density at radius 3 is 2.88 bits per heavy atom. The number of amidine groups is 1. The molecule has 4 nitrogen and oxygen atoms in total. The Balaban J connectivity index is 1.79. The molecule has 1 aromatic heterocycles. The molecule has 0 aliphatic carbocycles. The van der Waals surface area contributed by atoms with E-state index in [0.29, 0.717) is 0 Å². The zero-order chi connectivity index (χ0) is 12.3. The van der Waals surface area contributed by atoms with Crippen LogP contribution in [-0.4, -0.2) is 35.4 Å². The molecule has 0 radical (unpaired) electrons. The molecule has 0 aromatic carbocycles. The molecule has 0 saturated carbocycles. The average molecular weight is 252 g/mol. The van der Waals surface area contributed by atoms with Crippen LogP contribution in [0.2, 0.25) is 0 Å². The zero-order valence-corrected chi connectivity index (χ0v) is 11.1. The first-order valence-electron chi connectivity index (χ1n) is 6.16. The second-order valence-corrected chi connectivity index (χ2v) is 5.92. The molecule has 1 fully saturated rings. The fourth-order valence-corrected chi connectivity index (χ4v) is 2.86. The highest BCUT2D eigenvalue weighted by atomic mass is 32.1. The van der Waals surface area contributed by atoms with Crippen LogP contribution in [0.5, 0.6) is 0 Å².